The Morgan fingerprint density at radius 2 is 1.18 bits per heavy atom. The van der Waals surface area contributed by atoms with Crippen LogP contribution in [0.15, 0.2) is 60.7 Å². The summed E-state index contributed by atoms with van der Waals surface area (Å²) in [6, 6.07) is 16.3. The molecule has 2 aromatic rings. The van der Waals surface area contributed by atoms with Gasteiger partial charge >= 0.3 is 0 Å². The SMILES string of the molecule is O=C(CC=Cc1ccccc1I)CC=Cc1ccccc1I. The topological polar surface area (TPSA) is 17.1 Å². The molecule has 0 radical (unpaired) electrons. The van der Waals surface area contributed by atoms with E-state index >= 15 is 0 Å². The average molecular weight is 514 g/mol. The zero-order valence-electron chi connectivity index (χ0n) is 12.0. The van der Waals surface area contributed by atoms with Crippen molar-refractivity contribution >= 4 is 63.1 Å². The fourth-order valence-electron chi connectivity index (χ4n) is 1.94. The van der Waals surface area contributed by atoms with Crippen molar-refractivity contribution in [3.05, 3.63) is 79.0 Å². The molecule has 0 aliphatic carbocycles. The number of carbonyl (C=O) groups excluding carboxylic acids is 1. The monoisotopic (exact) mass is 514 g/mol. The maximum absolute atomic E-state index is 11.9. The van der Waals surface area contributed by atoms with Gasteiger partial charge < -0.3 is 0 Å². The minimum absolute atomic E-state index is 0.226. The number of carbonyl (C=O) groups is 1. The molecule has 22 heavy (non-hydrogen) atoms. The van der Waals surface area contributed by atoms with Crippen LogP contribution in [0.1, 0.15) is 24.0 Å². The molecule has 112 valence electrons. The van der Waals surface area contributed by atoms with Gasteiger partial charge in [0.2, 0.25) is 0 Å². The molecule has 0 N–H and O–H groups in total. The van der Waals surface area contributed by atoms with E-state index in [9.17, 15) is 4.79 Å². The Labute approximate surface area is 158 Å². The minimum atomic E-state index is 0.226. The predicted octanol–water partition coefficient (Wildman–Crippen LogP) is 5.97. The molecular weight excluding hydrogens is 498 g/mol. The summed E-state index contributed by atoms with van der Waals surface area (Å²) in [6.45, 7) is 0. The molecule has 0 amide bonds. The summed E-state index contributed by atoms with van der Waals surface area (Å²) >= 11 is 4.60. The van der Waals surface area contributed by atoms with E-state index in [4.69, 9.17) is 0 Å². The Kier molecular flexibility index (Phi) is 7.32. The molecular formula is C19H16I2O. The van der Waals surface area contributed by atoms with Crippen LogP contribution in [0.4, 0.5) is 0 Å². The molecule has 0 unspecified atom stereocenters. The van der Waals surface area contributed by atoms with Gasteiger partial charge in [-0.1, -0.05) is 60.7 Å². The Hall–Kier alpha value is -0.950. The fraction of sp³-hybridized carbons (Fsp3) is 0.105. The lowest BCUT2D eigenvalue weighted by Crippen LogP contribution is -1.92. The summed E-state index contributed by atoms with van der Waals surface area (Å²) in [6.07, 6.45) is 8.87. The predicted molar refractivity (Wildman–Crippen MR) is 111 cm³/mol. The van der Waals surface area contributed by atoms with Crippen molar-refractivity contribution < 1.29 is 4.79 Å². The quantitative estimate of drug-likeness (QED) is 0.435. The molecule has 0 heterocycles. The Bertz CT molecular complexity index is 643. The first kappa shape index (κ1) is 17.4. The van der Waals surface area contributed by atoms with Crippen LogP contribution < -0.4 is 0 Å². The number of halogens is 2. The number of benzene rings is 2. The number of Topliss-reactive ketones (excluding diaryl/α,β-unsaturated/α-hetero) is 1. The molecule has 0 bridgehead atoms. The highest BCUT2D eigenvalue weighted by Gasteiger charge is 1.98. The van der Waals surface area contributed by atoms with Gasteiger partial charge in [0.15, 0.2) is 0 Å². The molecule has 2 rings (SSSR count). The molecule has 0 aliphatic rings. The van der Waals surface area contributed by atoms with Crippen LogP contribution in [0.3, 0.4) is 0 Å². The molecule has 3 heteroatoms. The zero-order chi connectivity index (χ0) is 15.8. The van der Waals surface area contributed by atoms with Crippen LogP contribution in [-0.2, 0) is 4.79 Å². The largest absolute Gasteiger partial charge is 0.299 e. The maximum Gasteiger partial charge on any atom is 0.140 e. The molecule has 1 nitrogen and oxygen atoms in total. The van der Waals surface area contributed by atoms with Gasteiger partial charge in [-0.05, 0) is 68.4 Å². The molecule has 0 spiro atoms. The van der Waals surface area contributed by atoms with E-state index in [1.54, 1.807) is 0 Å². The highest BCUT2D eigenvalue weighted by Crippen LogP contribution is 2.14. The lowest BCUT2D eigenvalue weighted by Gasteiger charge is -1.98. The Balaban J connectivity index is 1.84. The molecule has 0 aromatic heterocycles. The molecule has 2 aromatic carbocycles. The Morgan fingerprint density at radius 3 is 1.59 bits per heavy atom. The van der Waals surface area contributed by atoms with Crippen molar-refractivity contribution in [2.75, 3.05) is 0 Å². The van der Waals surface area contributed by atoms with Crippen LogP contribution in [0.25, 0.3) is 12.2 Å². The van der Waals surface area contributed by atoms with Crippen molar-refractivity contribution in [1.29, 1.82) is 0 Å². The van der Waals surface area contributed by atoms with Crippen molar-refractivity contribution in [1.82, 2.24) is 0 Å². The van der Waals surface area contributed by atoms with Gasteiger partial charge in [0.25, 0.3) is 0 Å². The molecule has 0 saturated heterocycles. The van der Waals surface area contributed by atoms with Gasteiger partial charge in [-0.3, -0.25) is 4.79 Å². The smallest absolute Gasteiger partial charge is 0.140 e. The third-order valence-electron chi connectivity index (χ3n) is 3.10. The van der Waals surface area contributed by atoms with Crippen molar-refractivity contribution in [3.8, 4) is 0 Å². The standard InChI is InChI=1S/C19H16I2O/c20-18-13-3-1-7-15(18)9-5-11-17(22)12-6-10-16-8-2-4-14-19(16)21/h1-10,13-14H,11-12H2. The first-order valence-electron chi connectivity index (χ1n) is 7.00. The summed E-state index contributed by atoms with van der Waals surface area (Å²) in [4.78, 5) is 11.9. The lowest BCUT2D eigenvalue weighted by atomic mass is 10.1. The molecule has 0 saturated carbocycles. The number of hydrogen-bond donors (Lipinski definition) is 0. The van der Waals surface area contributed by atoms with Gasteiger partial charge in [0.1, 0.15) is 5.78 Å². The number of hydrogen-bond acceptors (Lipinski definition) is 1. The normalized spacial score (nSPS) is 11.4. The summed E-state index contributed by atoms with van der Waals surface area (Å²) < 4.78 is 2.39. The highest BCUT2D eigenvalue weighted by atomic mass is 127. The van der Waals surface area contributed by atoms with Gasteiger partial charge in [0.05, 0.1) is 0 Å². The van der Waals surface area contributed by atoms with Crippen LogP contribution in [0.5, 0.6) is 0 Å². The number of allylic oxidation sites excluding steroid dienone is 2. The highest BCUT2D eigenvalue weighted by molar-refractivity contribution is 14.1. The van der Waals surface area contributed by atoms with E-state index in [1.165, 1.54) is 7.14 Å². The summed E-state index contributed by atoms with van der Waals surface area (Å²) in [5.74, 6) is 0.226. The summed E-state index contributed by atoms with van der Waals surface area (Å²) in [5.41, 5.74) is 2.32. The zero-order valence-corrected chi connectivity index (χ0v) is 16.3. The second-order valence-corrected chi connectivity index (χ2v) is 7.12. The van der Waals surface area contributed by atoms with Gasteiger partial charge in [-0.2, -0.15) is 0 Å². The minimum Gasteiger partial charge on any atom is -0.299 e. The Morgan fingerprint density at radius 1 is 0.773 bits per heavy atom. The van der Waals surface area contributed by atoms with Gasteiger partial charge in [-0.15, -0.1) is 0 Å². The van der Waals surface area contributed by atoms with E-state index in [-0.39, 0.29) is 5.78 Å². The maximum atomic E-state index is 11.9. The third kappa shape index (κ3) is 5.68. The van der Waals surface area contributed by atoms with Crippen molar-refractivity contribution in [2.24, 2.45) is 0 Å². The second kappa shape index (κ2) is 9.25. The van der Waals surface area contributed by atoms with E-state index < -0.39 is 0 Å². The van der Waals surface area contributed by atoms with Crippen LogP contribution >= 0.6 is 45.2 Å². The van der Waals surface area contributed by atoms with Crippen molar-refractivity contribution in [2.45, 2.75) is 12.8 Å². The first-order valence-corrected chi connectivity index (χ1v) is 9.16. The van der Waals surface area contributed by atoms with E-state index in [0.29, 0.717) is 12.8 Å². The molecule has 0 atom stereocenters. The fourth-order valence-corrected chi connectivity index (χ4v) is 3.07. The van der Waals surface area contributed by atoms with E-state index in [0.717, 1.165) is 11.1 Å². The average Bonchev–Trinajstić information content (AvgIpc) is 2.51. The summed E-state index contributed by atoms with van der Waals surface area (Å²) in [7, 11) is 0. The molecule has 0 fully saturated rings. The van der Waals surface area contributed by atoms with Gasteiger partial charge in [0, 0.05) is 20.0 Å². The van der Waals surface area contributed by atoms with E-state index in [2.05, 4.69) is 69.4 Å². The van der Waals surface area contributed by atoms with Gasteiger partial charge in [-0.25, -0.2) is 0 Å². The third-order valence-corrected chi connectivity index (χ3v) is 5.06. The second-order valence-electron chi connectivity index (χ2n) is 4.79. The van der Waals surface area contributed by atoms with Crippen LogP contribution in [0, 0.1) is 7.14 Å². The lowest BCUT2D eigenvalue weighted by molar-refractivity contribution is -0.117. The van der Waals surface area contributed by atoms with Crippen molar-refractivity contribution in [3.63, 3.8) is 0 Å². The molecule has 0 aliphatic heterocycles. The summed E-state index contributed by atoms with van der Waals surface area (Å²) in [5, 5.41) is 0. The van der Waals surface area contributed by atoms with Crippen LogP contribution in [-0.4, -0.2) is 5.78 Å². The number of rotatable bonds is 6. The number of ketones is 1. The first-order chi connectivity index (χ1) is 10.7. The van der Waals surface area contributed by atoms with Crippen LogP contribution in [0.2, 0.25) is 0 Å². The van der Waals surface area contributed by atoms with E-state index in [1.807, 2.05) is 48.6 Å².